The molecule has 2 bridgehead atoms. The van der Waals surface area contributed by atoms with Crippen molar-refractivity contribution in [1.29, 1.82) is 0 Å². The number of rotatable bonds is 9. The van der Waals surface area contributed by atoms with Gasteiger partial charge in [-0.25, -0.2) is 9.59 Å². The zero-order valence-corrected chi connectivity index (χ0v) is 19.9. The lowest BCUT2D eigenvalue weighted by atomic mass is 10.1. The molecule has 11 nitrogen and oxygen atoms in total. The summed E-state index contributed by atoms with van der Waals surface area (Å²) in [5, 5.41) is 6.44. The minimum absolute atomic E-state index is 0.0249. The van der Waals surface area contributed by atoms with Gasteiger partial charge in [0.25, 0.3) is 5.71 Å². The first-order valence-corrected chi connectivity index (χ1v) is 10.7. The lowest BCUT2D eigenvalue weighted by molar-refractivity contribution is 0.269. The molecule has 1 unspecified atom stereocenters. The van der Waals surface area contributed by atoms with Crippen molar-refractivity contribution in [2.24, 2.45) is 0 Å². The average Bonchev–Trinajstić information content (AvgIpc) is 2.89. The van der Waals surface area contributed by atoms with E-state index in [1.54, 1.807) is 14.2 Å². The Balaban J connectivity index is 1.75. The molecule has 0 saturated heterocycles. The smallest absolute Gasteiger partial charge is 0.358 e. The second-order valence-electron chi connectivity index (χ2n) is 7.49. The molecule has 3 rings (SSSR count). The number of likely N-dealkylation sites (N-methyl/N-ethyl adjacent to an activating group) is 1. The number of halogens is 1. The molecule has 2 aromatic heterocycles. The van der Waals surface area contributed by atoms with Crippen molar-refractivity contribution in [1.82, 2.24) is 14.7 Å². The molecule has 1 atom stereocenters. The molecule has 0 fully saturated rings. The Morgan fingerprint density at radius 1 is 1.12 bits per heavy atom. The number of methoxy groups -OCH3 is 2. The van der Waals surface area contributed by atoms with Gasteiger partial charge in [-0.15, -0.1) is 0 Å². The molecule has 1 N–H and O–H groups in total. The standard InChI is InChI=1S/C22H25ClN4O7/c1-13(26(2)10-9-14-5-6-15(31-3)16(11-14)32-4)12-24-20-19(23)21-25-27(22(20)30)34-18(29)8-7-17(28)33-21/h5-8,11,13,24H,9-10,12H2,1-4H3. The monoisotopic (exact) mass is 492 g/mol. The molecule has 1 aromatic carbocycles. The van der Waals surface area contributed by atoms with Gasteiger partial charge in [0, 0.05) is 31.3 Å². The van der Waals surface area contributed by atoms with Crippen molar-refractivity contribution < 1.29 is 18.4 Å². The number of nitrogens with one attached hydrogen (secondary N) is 1. The molecular weight excluding hydrogens is 468 g/mol. The summed E-state index contributed by atoms with van der Waals surface area (Å²) in [5.41, 5.74) is -2.02. The van der Waals surface area contributed by atoms with Gasteiger partial charge in [-0.1, -0.05) is 22.8 Å². The fourth-order valence-electron chi connectivity index (χ4n) is 3.10. The van der Waals surface area contributed by atoms with Gasteiger partial charge in [0.15, 0.2) is 11.5 Å². The Morgan fingerprint density at radius 3 is 2.53 bits per heavy atom. The summed E-state index contributed by atoms with van der Waals surface area (Å²) in [7, 11) is 5.13. The van der Waals surface area contributed by atoms with E-state index in [1.807, 2.05) is 32.2 Å². The maximum Gasteiger partial charge on any atom is 0.358 e. The highest BCUT2D eigenvalue weighted by Crippen LogP contribution is 2.27. The van der Waals surface area contributed by atoms with E-state index in [1.165, 1.54) is 0 Å². The molecule has 3 aromatic rings. The minimum Gasteiger partial charge on any atom is -0.493 e. The van der Waals surface area contributed by atoms with Gasteiger partial charge in [0.2, 0.25) is 0 Å². The van der Waals surface area contributed by atoms with Crippen LogP contribution in [-0.2, 0) is 6.42 Å². The topological polar surface area (TPSA) is 129 Å². The largest absolute Gasteiger partial charge is 0.493 e. The van der Waals surface area contributed by atoms with Crippen LogP contribution in [0.1, 0.15) is 12.5 Å². The number of benzene rings is 1. The normalized spacial score (nSPS) is 11.9. The number of nitrogens with zero attached hydrogens (tertiary/aromatic N) is 3. The van der Waals surface area contributed by atoms with Crippen LogP contribution >= 0.6 is 11.6 Å². The van der Waals surface area contributed by atoms with E-state index in [9.17, 15) is 14.4 Å². The lowest BCUT2D eigenvalue weighted by Crippen LogP contribution is -2.37. The predicted octanol–water partition coefficient (Wildman–Crippen LogP) is 1.81. The molecule has 34 heavy (non-hydrogen) atoms. The highest BCUT2D eigenvalue weighted by atomic mass is 35.5. The summed E-state index contributed by atoms with van der Waals surface area (Å²) in [6.07, 6.45) is 0.757. The van der Waals surface area contributed by atoms with Crippen molar-refractivity contribution in [2.75, 3.05) is 39.7 Å². The van der Waals surface area contributed by atoms with Crippen LogP contribution in [0.15, 0.2) is 53.7 Å². The zero-order chi connectivity index (χ0) is 24.8. The molecule has 0 spiro atoms. The van der Waals surface area contributed by atoms with Crippen LogP contribution in [0.2, 0.25) is 5.02 Å². The number of hydrogen-bond donors (Lipinski definition) is 1. The maximum atomic E-state index is 12.7. The van der Waals surface area contributed by atoms with Crippen LogP contribution in [0.3, 0.4) is 0 Å². The number of aromatic nitrogens is 2. The summed E-state index contributed by atoms with van der Waals surface area (Å²) < 4.78 is 20.9. The van der Waals surface area contributed by atoms with Gasteiger partial charge in [-0.2, -0.15) is 0 Å². The van der Waals surface area contributed by atoms with E-state index < -0.39 is 16.8 Å². The predicted molar refractivity (Wildman–Crippen MR) is 126 cm³/mol. The van der Waals surface area contributed by atoms with Gasteiger partial charge in [0.1, 0.15) is 10.7 Å². The van der Waals surface area contributed by atoms with Crippen molar-refractivity contribution in [3.8, 4) is 11.5 Å². The first-order chi connectivity index (χ1) is 16.2. The van der Waals surface area contributed by atoms with E-state index >= 15 is 0 Å². The Hall–Kier alpha value is -3.57. The molecule has 0 aliphatic rings. The Bertz CT molecular complexity index is 1370. The number of fused-ring (bicyclic) bond motifs is 2. The molecule has 2 heterocycles. The third kappa shape index (κ3) is 5.86. The van der Waals surface area contributed by atoms with Crippen LogP contribution in [0.4, 0.5) is 5.69 Å². The molecule has 0 aliphatic carbocycles. The quantitative estimate of drug-likeness (QED) is 0.472. The van der Waals surface area contributed by atoms with Crippen molar-refractivity contribution in [3.05, 3.63) is 72.1 Å². The number of anilines is 1. The van der Waals surface area contributed by atoms with E-state index in [0.717, 1.165) is 30.7 Å². The second-order valence-corrected chi connectivity index (χ2v) is 7.86. The SMILES string of the molecule is COc1ccc(CCN(C)C(C)CNc2c(Cl)c3nn(oc(=O)ccc(=O)o3)c2=O)cc1OC. The third-order valence-corrected chi connectivity index (χ3v) is 5.58. The maximum absolute atomic E-state index is 12.7. The minimum atomic E-state index is -0.962. The Labute approximate surface area is 199 Å². The molecule has 0 saturated carbocycles. The summed E-state index contributed by atoms with van der Waals surface area (Å²) in [5.74, 6) is 1.33. The van der Waals surface area contributed by atoms with E-state index in [4.69, 9.17) is 30.0 Å². The zero-order valence-electron chi connectivity index (χ0n) is 19.2. The molecule has 0 radical (unpaired) electrons. The van der Waals surface area contributed by atoms with Gasteiger partial charge in [-0.05, 0) is 42.8 Å². The first kappa shape index (κ1) is 25.1. The molecule has 0 amide bonds. The van der Waals surface area contributed by atoms with Crippen LogP contribution in [0, 0.1) is 0 Å². The molecule has 0 aliphatic heterocycles. The fraction of sp³-hybridized carbons (Fsp3) is 0.364. The Morgan fingerprint density at radius 2 is 1.82 bits per heavy atom. The van der Waals surface area contributed by atoms with Crippen LogP contribution in [0.25, 0.3) is 5.71 Å². The van der Waals surface area contributed by atoms with Gasteiger partial charge in [0.05, 0.1) is 14.2 Å². The third-order valence-electron chi connectivity index (χ3n) is 5.23. The van der Waals surface area contributed by atoms with Gasteiger partial charge < -0.3 is 28.6 Å². The van der Waals surface area contributed by atoms with Crippen LogP contribution in [0.5, 0.6) is 11.5 Å². The van der Waals surface area contributed by atoms with Crippen LogP contribution < -0.4 is 31.6 Å². The summed E-state index contributed by atoms with van der Waals surface area (Å²) in [6.45, 7) is 3.01. The molecular formula is C22H25ClN4O7. The summed E-state index contributed by atoms with van der Waals surface area (Å²) in [4.78, 5) is 38.3. The second kappa shape index (κ2) is 11.0. The Kier molecular flexibility index (Phi) is 8.13. The lowest BCUT2D eigenvalue weighted by Gasteiger charge is -2.25. The van der Waals surface area contributed by atoms with Gasteiger partial charge in [-0.3, -0.25) is 4.79 Å². The number of ether oxygens (including phenoxy) is 2. The van der Waals surface area contributed by atoms with Crippen molar-refractivity contribution >= 4 is 23.0 Å². The van der Waals surface area contributed by atoms with Gasteiger partial charge >= 0.3 is 16.8 Å². The summed E-state index contributed by atoms with van der Waals surface area (Å²) in [6, 6.07) is 7.41. The van der Waals surface area contributed by atoms with E-state index in [0.29, 0.717) is 22.7 Å². The van der Waals surface area contributed by atoms with Crippen molar-refractivity contribution in [2.45, 2.75) is 19.4 Å². The van der Waals surface area contributed by atoms with Crippen LogP contribution in [-0.4, -0.2) is 55.1 Å². The summed E-state index contributed by atoms with van der Waals surface area (Å²) >= 11 is 6.24. The average molecular weight is 493 g/mol. The molecule has 12 heteroatoms. The van der Waals surface area contributed by atoms with Crippen molar-refractivity contribution in [3.63, 3.8) is 0 Å². The first-order valence-electron chi connectivity index (χ1n) is 10.3. The highest BCUT2D eigenvalue weighted by Gasteiger charge is 2.17. The number of hydrogen-bond acceptors (Lipinski definition) is 10. The highest BCUT2D eigenvalue weighted by molar-refractivity contribution is 6.35. The molecule has 182 valence electrons. The van der Waals surface area contributed by atoms with E-state index in [2.05, 4.69) is 15.3 Å². The van der Waals surface area contributed by atoms with E-state index in [-0.39, 0.29) is 22.5 Å². The fourth-order valence-corrected chi connectivity index (χ4v) is 3.32.